The second-order valence-corrected chi connectivity index (χ2v) is 9.90. The third-order valence-corrected chi connectivity index (χ3v) is 5.65. The first-order valence-corrected chi connectivity index (χ1v) is 11.6. The highest BCUT2D eigenvalue weighted by atomic mass is 16.8. The second-order valence-electron chi connectivity index (χ2n) is 9.90. The molecule has 9 heteroatoms. The van der Waals surface area contributed by atoms with Gasteiger partial charge in [0.2, 0.25) is 11.8 Å². The predicted molar refractivity (Wildman–Crippen MR) is 130 cm³/mol. The summed E-state index contributed by atoms with van der Waals surface area (Å²) in [5.41, 5.74) is 2.88. The van der Waals surface area contributed by atoms with Crippen LogP contribution in [0.1, 0.15) is 46.6 Å². The van der Waals surface area contributed by atoms with Gasteiger partial charge in [-0.25, -0.2) is 0 Å². The van der Waals surface area contributed by atoms with E-state index in [-0.39, 0.29) is 30.9 Å². The summed E-state index contributed by atoms with van der Waals surface area (Å²) < 4.78 is 6.20. The molecule has 2 amide bonds. The van der Waals surface area contributed by atoms with E-state index in [4.69, 9.17) is 14.8 Å². The van der Waals surface area contributed by atoms with Gasteiger partial charge >= 0.3 is 0 Å². The summed E-state index contributed by atoms with van der Waals surface area (Å²) in [7, 11) is 1.55. The van der Waals surface area contributed by atoms with Crippen molar-refractivity contribution in [3.63, 3.8) is 0 Å². The molecule has 0 radical (unpaired) electrons. The number of ether oxygens (including phenoxy) is 1. The molecule has 2 rings (SSSR count). The Labute approximate surface area is 201 Å². The Morgan fingerprint density at radius 2 is 1.82 bits per heavy atom. The number of pyridine rings is 1. The molecule has 0 aliphatic rings. The molecule has 4 N–H and O–H groups in total. The lowest BCUT2D eigenvalue weighted by molar-refractivity contribution is -0.170. The Morgan fingerprint density at radius 3 is 2.44 bits per heavy atom. The van der Waals surface area contributed by atoms with E-state index in [0.717, 1.165) is 16.5 Å². The van der Waals surface area contributed by atoms with Crippen LogP contribution in [-0.4, -0.2) is 47.8 Å². The van der Waals surface area contributed by atoms with E-state index < -0.39 is 23.5 Å². The highest BCUT2D eigenvalue weighted by molar-refractivity contribution is 5.89. The summed E-state index contributed by atoms with van der Waals surface area (Å²) in [4.78, 5) is 35.4. The molecule has 2 aromatic rings. The molecular weight excluding hydrogens is 436 g/mol. The lowest BCUT2D eigenvalue weighted by atomic mass is 9.84. The first-order valence-electron chi connectivity index (χ1n) is 11.6. The van der Waals surface area contributed by atoms with Gasteiger partial charge in [-0.05, 0) is 23.8 Å². The first-order chi connectivity index (χ1) is 16.1. The lowest BCUT2D eigenvalue weighted by Crippen LogP contribution is -2.55. The molecule has 1 aromatic heterocycles. The highest BCUT2D eigenvalue weighted by Gasteiger charge is 2.37. The molecule has 1 aromatic carbocycles. The normalized spacial score (nSPS) is 14.6. The van der Waals surface area contributed by atoms with Crippen LogP contribution in [0, 0.1) is 17.3 Å². The number of likely N-dealkylation sites (N-methyl/N-ethyl adjacent to an activating group) is 1. The molecule has 1 heterocycles. The van der Waals surface area contributed by atoms with Gasteiger partial charge in [0.15, 0.2) is 0 Å². The Kier molecular flexibility index (Phi) is 10.4. The largest absolute Gasteiger partial charge is 0.370 e. The van der Waals surface area contributed by atoms with Crippen molar-refractivity contribution in [3.8, 4) is 0 Å². The number of para-hydroxylation sites is 1. The minimum absolute atomic E-state index is 0.0698. The van der Waals surface area contributed by atoms with Gasteiger partial charge in [0.05, 0.1) is 30.8 Å². The summed E-state index contributed by atoms with van der Waals surface area (Å²) in [5.74, 6) is -1.02. The van der Waals surface area contributed by atoms with E-state index in [1.807, 2.05) is 65.0 Å². The molecule has 0 saturated carbocycles. The van der Waals surface area contributed by atoms with Crippen molar-refractivity contribution < 1.29 is 24.4 Å². The van der Waals surface area contributed by atoms with Gasteiger partial charge in [-0.1, -0.05) is 64.5 Å². The number of carbonyl (C=O) groups is 2. The van der Waals surface area contributed by atoms with Gasteiger partial charge in [-0.2, -0.15) is 0 Å². The topological polar surface area (TPSA) is 122 Å². The molecular formula is C25H38N4O5. The van der Waals surface area contributed by atoms with Crippen molar-refractivity contribution in [3.05, 3.63) is 42.1 Å². The molecule has 3 atom stereocenters. The molecule has 0 saturated heterocycles. The third kappa shape index (κ3) is 7.73. The number of nitrogens with one attached hydrogen (secondary N) is 3. The van der Waals surface area contributed by atoms with Crippen molar-refractivity contribution in [2.75, 3.05) is 13.7 Å². The molecule has 0 aliphatic heterocycles. The maximum absolute atomic E-state index is 13.5. The summed E-state index contributed by atoms with van der Waals surface area (Å²) >= 11 is 0. The van der Waals surface area contributed by atoms with E-state index in [2.05, 4.69) is 15.6 Å². The zero-order chi connectivity index (χ0) is 25.3. The van der Waals surface area contributed by atoms with Gasteiger partial charge < -0.3 is 15.4 Å². The Hall–Kier alpha value is -2.59. The number of hydrogen-bond donors (Lipinski definition) is 4. The molecule has 0 fully saturated rings. The van der Waals surface area contributed by atoms with E-state index >= 15 is 0 Å². The van der Waals surface area contributed by atoms with Crippen molar-refractivity contribution in [2.24, 2.45) is 17.3 Å². The lowest BCUT2D eigenvalue weighted by Gasteiger charge is -2.33. The Morgan fingerprint density at radius 1 is 1.12 bits per heavy atom. The van der Waals surface area contributed by atoms with Gasteiger partial charge in [-0.3, -0.25) is 24.6 Å². The van der Waals surface area contributed by atoms with Crippen LogP contribution in [0.2, 0.25) is 0 Å². The molecule has 3 unspecified atom stereocenters. The smallest absolute Gasteiger partial charge is 0.242 e. The number of fused-ring (bicyclic) bond motifs is 1. The summed E-state index contributed by atoms with van der Waals surface area (Å²) in [5, 5.41) is 15.5. The van der Waals surface area contributed by atoms with E-state index in [1.165, 1.54) is 0 Å². The summed E-state index contributed by atoms with van der Waals surface area (Å²) in [6.45, 7) is 9.84. The highest BCUT2D eigenvalue weighted by Crippen LogP contribution is 2.25. The average molecular weight is 475 g/mol. The zero-order valence-electron chi connectivity index (χ0n) is 20.9. The minimum atomic E-state index is -0.723. The minimum Gasteiger partial charge on any atom is -0.370 e. The Balaban J connectivity index is 2.29. The maximum Gasteiger partial charge on any atom is 0.242 e. The average Bonchev–Trinajstić information content (AvgIpc) is 2.79. The van der Waals surface area contributed by atoms with Gasteiger partial charge in [0.25, 0.3) is 0 Å². The first kappa shape index (κ1) is 27.7. The van der Waals surface area contributed by atoms with Crippen LogP contribution >= 0.6 is 0 Å². The molecule has 188 valence electrons. The number of rotatable bonds is 12. The predicted octanol–water partition coefficient (Wildman–Crippen LogP) is 2.97. The number of carbonyl (C=O) groups excluding carboxylic acids is 2. The van der Waals surface area contributed by atoms with Crippen LogP contribution in [0.5, 0.6) is 0 Å². The Bertz CT molecular complexity index is 939. The van der Waals surface area contributed by atoms with Crippen LogP contribution in [0.3, 0.4) is 0 Å². The van der Waals surface area contributed by atoms with Crippen molar-refractivity contribution >= 4 is 22.7 Å². The van der Waals surface area contributed by atoms with Crippen LogP contribution < -0.4 is 16.3 Å². The maximum atomic E-state index is 13.5. The van der Waals surface area contributed by atoms with Gasteiger partial charge in [0.1, 0.15) is 6.04 Å². The molecule has 0 bridgehead atoms. The number of amides is 2. The van der Waals surface area contributed by atoms with Crippen LogP contribution in [0.15, 0.2) is 36.5 Å². The van der Waals surface area contributed by atoms with Crippen molar-refractivity contribution in [2.45, 2.75) is 59.8 Å². The van der Waals surface area contributed by atoms with Crippen LogP contribution in [-0.2, 0) is 25.8 Å². The number of hydrogen-bond acceptors (Lipinski definition) is 7. The fourth-order valence-corrected chi connectivity index (χ4v) is 3.89. The van der Waals surface area contributed by atoms with Crippen LogP contribution in [0.25, 0.3) is 10.9 Å². The zero-order valence-corrected chi connectivity index (χ0v) is 20.9. The van der Waals surface area contributed by atoms with Crippen LogP contribution in [0.4, 0.5) is 0 Å². The summed E-state index contributed by atoms with van der Waals surface area (Å²) in [6.07, 6.45) is 1.54. The number of benzene rings is 1. The second kappa shape index (κ2) is 12.8. The monoisotopic (exact) mass is 474 g/mol. The fraction of sp³-hybridized carbons (Fsp3) is 0.560. The van der Waals surface area contributed by atoms with Gasteiger partial charge in [0, 0.05) is 24.2 Å². The quantitative estimate of drug-likeness (QED) is 0.349. The summed E-state index contributed by atoms with van der Waals surface area (Å²) in [6, 6.07) is 8.96. The van der Waals surface area contributed by atoms with Crippen molar-refractivity contribution in [1.82, 2.24) is 21.3 Å². The SMILES string of the molecule is CNC(=O)C(NC(=O)C(CC(C)C)C(CONO)OCc1cccc2cccnc12)C(C)(C)C. The fourth-order valence-electron chi connectivity index (χ4n) is 3.89. The molecule has 0 spiro atoms. The molecule has 0 aliphatic carbocycles. The third-order valence-electron chi connectivity index (χ3n) is 5.65. The van der Waals surface area contributed by atoms with Crippen molar-refractivity contribution in [1.29, 1.82) is 0 Å². The van der Waals surface area contributed by atoms with E-state index in [9.17, 15) is 9.59 Å². The number of nitrogens with zero attached hydrogens (tertiary/aromatic N) is 1. The van der Waals surface area contributed by atoms with Gasteiger partial charge in [-0.15, -0.1) is 0 Å². The van der Waals surface area contributed by atoms with E-state index in [1.54, 1.807) is 18.9 Å². The standard InChI is InChI=1S/C25H38N4O5/c1-16(2)13-19(23(30)28-22(24(31)26-6)25(3,4)5)20(15-34-29-32)33-14-18-10-7-9-17-11-8-12-27-21(17)18/h7-12,16,19-20,22,29,32H,13-15H2,1-6H3,(H,26,31)(H,28,30). The molecule has 9 nitrogen and oxygen atoms in total. The number of aromatic nitrogens is 1. The van der Waals surface area contributed by atoms with E-state index in [0.29, 0.717) is 6.42 Å². The molecule has 34 heavy (non-hydrogen) atoms.